The summed E-state index contributed by atoms with van der Waals surface area (Å²) in [7, 11) is 0. The second kappa shape index (κ2) is 3.43. The lowest BCUT2D eigenvalue weighted by Crippen LogP contribution is -2.04. The molecule has 6 heavy (non-hydrogen) atoms. The van der Waals surface area contributed by atoms with Crippen LogP contribution >= 0.6 is 11.8 Å². The van der Waals surface area contributed by atoms with Gasteiger partial charge in [-0.05, 0) is 0 Å². The van der Waals surface area contributed by atoms with E-state index in [0.29, 0.717) is 0 Å². The first-order chi connectivity index (χ1) is 2.50. The summed E-state index contributed by atoms with van der Waals surface area (Å²) in [6, 6.07) is 0. The van der Waals surface area contributed by atoms with Gasteiger partial charge in [-0.2, -0.15) is 0 Å². The summed E-state index contributed by atoms with van der Waals surface area (Å²) in [5.74, 6) is 2.47. The maximum absolute atomic E-state index is 3.19. The van der Waals surface area contributed by atoms with Crippen LogP contribution in [0.25, 0.3) is 0 Å². The van der Waals surface area contributed by atoms with Crippen LogP contribution in [0.1, 0.15) is 0 Å². The first-order valence-corrected chi connectivity index (χ1v) is 2.94. The Morgan fingerprint density at radius 1 is 1.50 bits per heavy atom. The Labute approximate surface area is 40.9 Å². The second-order valence-corrected chi connectivity index (χ2v) is 2.16. The van der Waals surface area contributed by atoms with Crippen molar-refractivity contribution in [2.75, 3.05) is 18.2 Å². The van der Waals surface area contributed by atoms with E-state index in [-0.39, 0.29) is 4.70 Å². The van der Waals surface area contributed by atoms with Gasteiger partial charge in [0.1, 0.15) is 0 Å². The number of halogens is 1. The Morgan fingerprint density at radius 3 is 2.50 bits per heavy atom. The molecule has 1 aliphatic rings. The Morgan fingerprint density at radius 2 is 2.33 bits per heavy atom. The van der Waals surface area contributed by atoms with Crippen molar-refractivity contribution >= 4 is 11.8 Å². The fourth-order valence-corrected chi connectivity index (χ4v) is 1.08. The van der Waals surface area contributed by atoms with Crippen LogP contribution in [0.5, 0.6) is 0 Å². The molecular weight excluding hydrogens is 101 g/mol. The minimum atomic E-state index is 0. The zero-order valence-corrected chi connectivity index (χ0v) is 4.25. The van der Waals surface area contributed by atoms with Crippen LogP contribution in [0.15, 0.2) is 0 Å². The quantitative estimate of drug-likeness (QED) is 0.484. The molecule has 1 fully saturated rings. The minimum Gasteiger partial charge on any atom is -0.307 e. The van der Waals surface area contributed by atoms with Crippen LogP contribution in [-0.2, 0) is 0 Å². The van der Waals surface area contributed by atoms with Gasteiger partial charge in [-0.25, -0.2) is 0 Å². The maximum Gasteiger partial charge on any atom is 0.0418 e. The average molecular weight is 109 g/mol. The predicted octanol–water partition coefficient (Wildman–Crippen LogP) is 0.433. The van der Waals surface area contributed by atoms with Crippen molar-refractivity contribution in [2.24, 2.45) is 0 Å². The normalized spacial score (nSPS) is 20.0. The van der Waals surface area contributed by atoms with E-state index in [9.17, 15) is 0 Å². The summed E-state index contributed by atoms with van der Waals surface area (Å²) < 4.78 is 0. The van der Waals surface area contributed by atoms with Crippen molar-refractivity contribution in [2.45, 2.75) is 0 Å². The molecule has 0 aliphatic carbocycles. The van der Waals surface area contributed by atoms with E-state index in [1.165, 1.54) is 18.2 Å². The molecule has 1 heterocycles. The third-order valence-corrected chi connectivity index (χ3v) is 1.53. The summed E-state index contributed by atoms with van der Waals surface area (Å²) in [6.07, 6.45) is 0. The van der Waals surface area contributed by atoms with Crippen molar-refractivity contribution in [3.63, 3.8) is 0 Å². The van der Waals surface area contributed by atoms with Crippen LogP contribution in [0.4, 0.5) is 4.70 Å². The molecule has 1 rings (SSSR count). The maximum atomic E-state index is 3.19. The van der Waals surface area contributed by atoms with Gasteiger partial charge in [0.05, 0.1) is 0 Å². The van der Waals surface area contributed by atoms with Crippen LogP contribution in [0, 0.1) is 0 Å². The zero-order chi connectivity index (χ0) is 3.54. The highest BCUT2D eigenvalue weighted by Crippen LogP contribution is 1.99. The van der Waals surface area contributed by atoms with Gasteiger partial charge in [-0.1, -0.05) is 0 Å². The van der Waals surface area contributed by atoms with Gasteiger partial charge < -0.3 is 5.32 Å². The molecule has 0 saturated carbocycles. The number of thioether (sulfide) groups is 1. The Bertz CT molecular complexity index is 22.4. The molecule has 38 valence electrons. The van der Waals surface area contributed by atoms with Crippen molar-refractivity contribution in [1.82, 2.24) is 5.32 Å². The van der Waals surface area contributed by atoms with E-state index in [0.717, 1.165) is 0 Å². The van der Waals surface area contributed by atoms with Gasteiger partial charge in [0, 0.05) is 18.2 Å². The summed E-state index contributed by atoms with van der Waals surface area (Å²) in [5.41, 5.74) is 0. The molecule has 3 heteroatoms. The summed E-state index contributed by atoms with van der Waals surface area (Å²) in [6.45, 7) is 1.21. The standard InChI is InChI=1S/C3H7NS.FH/c1-2-5-3-4-1;/h4H,1-3H2;1H. The topological polar surface area (TPSA) is 12.0 Å². The van der Waals surface area contributed by atoms with Crippen molar-refractivity contribution in [3.05, 3.63) is 0 Å². The Balaban J connectivity index is 0.000000250. The molecule has 0 radical (unpaired) electrons. The van der Waals surface area contributed by atoms with Gasteiger partial charge in [0.25, 0.3) is 0 Å². The van der Waals surface area contributed by atoms with E-state index in [4.69, 9.17) is 0 Å². The highest BCUT2D eigenvalue weighted by atomic mass is 32.2. The van der Waals surface area contributed by atoms with E-state index in [2.05, 4.69) is 5.32 Å². The molecule has 0 amide bonds. The van der Waals surface area contributed by atoms with Gasteiger partial charge >= 0.3 is 0 Å². The number of nitrogens with one attached hydrogen (secondary N) is 1. The number of rotatable bonds is 0. The van der Waals surface area contributed by atoms with Crippen molar-refractivity contribution in [1.29, 1.82) is 0 Å². The largest absolute Gasteiger partial charge is 0.307 e. The fourth-order valence-electron chi connectivity index (χ4n) is 0.361. The van der Waals surface area contributed by atoms with Crippen LogP contribution in [0.3, 0.4) is 0 Å². The van der Waals surface area contributed by atoms with E-state index in [1.807, 2.05) is 11.8 Å². The molecule has 0 atom stereocenters. The first kappa shape index (κ1) is 6.24. The number of hydrogen-bond acceptors (Lipinski definition) is 2. The molecule has 1 N–H and O–H groups in total. The number of hydrogen-bond donors (Lipinski definition) is 1. The first-order valence-electron chi connectivity index (χ1n) is 1.78. The van der Waals surface area contributed by atoms with Gasteiger partial charge in [0.15, 0.2) is 0 Å². The lowest BCUT2D eigenvalue weighted by atomic mass is 10.8. The molecule has 0 aromatic carbocycles. The highest BCUT2D eigenvalue weighted by Gasteiger charge is 1.93. The lowest BCUT2D eigenvalue weighted by molar-refractivity contribution is 0.885. The fraction of sp³-hybridized carbons (Fsp3) is 1.00. The van der Waals surface area contributed by atoms with E-state index < -0.39 is 0 Å². The third kappa shape index (κ3) is 1.62. The highest BCUT2D eigenvalue weighted by molar-refractivity contribution is 7.99. The van der Waals surface area contributed by atoms with Gasteiger partial charge in [-0.15, -0.1) is 11.8 Å². The van der Waals surface area contributed by atoms with Crippen molar-refractivity contribution in [3.8, 4) is 0 Å². The van der Waals surface area contributed by atoms with Crippen LogP contribution in [-0.4, -0.2) is 18.2 Å². The molecule has 1 saturated heterocycles. The monoisotopic (exact) mass is 109 g/mol. The lowest BCUT2D eigenvalue weighted by Gasteiger charge is -1.74. The third-order valence-electron chi connectivity index (χ3n) is 0.627. The summed E-state index contributed by atoms with van der Waals surface area (Å²) >= 11 is 1.96. The molecule has 0 aromatic heterocycles. The Hall–Kier alpha value is 0.240. The average Bonchev–Trinajstić information content (AvgIpc) is 1.76. The Kier molecular flexibility index (Phi) is 3.57. The molecule has 0 aromatic rings. The molecule has 0 unspecified atom stereocenters. The molecule has 0 bridgehead atoms. The van der Waals surface area contributed by atoms with E-state index in [1.54, 1.807) is 0 Å². The zero-order valence-electron chi connectivity index (χ0n) is 3.44. The van der Waals surface area contributed by atoms with Crippen LogP contribution < -0.4 is 5.32 Å². The molecular formula is C3H8FNS. The predicted molar refractivity (Wildman–Crippen MR) is 27.8 cm³/mol. The van der Waals surface area contributed by atoms with Crippen LogP contribution in [0.2, 0.25) is 0 Å². The van der Waals surface area contributed by atoms with Gasteiger partial charge in [0.2, 0.25) is 0 Å². The smallest absolute Gasteiger partial charge is 0.0418 e. The van der Waals surface area contributed by atoms with Crippen molar-refractivity contribution < 1.29 is 4.70 Å². The molecule has 1 nitrogen and oxygen atoms in total. The van der Waals surface area contributed by atoms with E-state index >= 15 is 0 Å². The van der Waals surface area contributed by atoms with Gasteiger partial charge in [-0.3, -0.25) is 4.70 Å². The summed E-state index contributed by atoms with van der Waals surface area (Å²) in [5, 5.41) is 3.19. The summed E-state index contributed by atoms with van der Waals surface area (Å²) in [4.78, 5) is 0. The minimum absolute atomic E-state index is 0. The SMILES string of the molecule is C1CSCN1.F. The molecule has 1 aliphatic heterocycles. The molecule has 0 spiro atoms. The second-order valence-electron chi connectivity index (χ2n) is 1.05.